The number of fused-ring (bicyclic) bond motifs is 9. The summed E-state index contributed by atoms with van der Waals surface area (Å²) in [5.74, 6) is 1.86. The zero-order valence-corrected chi connectivity index (χ0v) is 31.2. The maximum Gasteiger partial charge on any atom is 0.164 e. The van der Waals surface area contributed by atoms with Crippen LogP contribution in [-0.2, 0) is 0 Å². The molecule has 0 unspecified atom stereocenters. The molecule has 8 aromatic carbocycles. The van der Waals surface area contributed by atoms with Crippen LogP contribution in [-0.4, -0.2) is 19.5 Å². The normalized spacial score (nSPS) is 11.9. The number of aromatic nitrogens is 4. The number of para-hydroxylation sites is 1. The molecule has 0 aliphatic heterocycles. The van der Waals surface area contributed by atoms with Gasteiger partial charge in [-0.3, -0.25) is 0 Å². The van der Waals surface area contributed by atoms with Crippen LogP contribution in [0.3, 0.4) is 0 Å². The van der Waals surface area contributed by atoms with Gasteiger partial charge in [-0.1, -0.05) is 133 Å². The number of nitrogens with zero attached hydrogens (tertiary/aromatic N) is 4. The van der Waals surface area contributed by atoms with E-state index in [1.54, 1.807) is 11.3 Å². The van der Waals surface area contributed by atoms with Crippen molar-refractivity contribution in [3.8, 4) is 51.0 Å². The summed E-state index contributed by atoms with van der Waals surface area (Å²) in [5.41, 5.74) is 10.1. The molecule has 0 amide bonds. The Kier molecular flexibility index (Phi) is 7.03. The minimum absolute atomic E-state index is 0.602. The topological polar surface area (TPSA) is 56.7 Å². The molecule has 0 saturated heterocycles. The van der Waals surface area contributed by atoms with Gasteiger partial charge in [0.1, 0.15) is 11.2 Å². The third-order valence-corrected chi connectivity index (χ3v) is 12.2. The lowest BCUT2D eigenvalue weighted by Gasteiger charge is -2.10. The van der Waals surface area contributed by atoms with Crippen LogP contribution < -0.4 is 0 Å². The Morgan fingerprint density at radius 1 is 0.386 bits per heavy atom. The van der Waals surface area contributed by atoms with Gasteiger partial charge < -0.3 is 8.98 Å². The van der Waals surface area contributed by atoms with E-state index in [4.69, 9.17) is 19.4 Å². The lowest BCUT2D eigenvalue weighted by atomic mass is 10.0. The van der Waals surface area contributed by atoms with E-state index in [0.29, 0.717) is 17.5 Å². The Bertz CT molecular complexity index is 3510. The van der Waals surface area contributed by atoms with E-state index in [2.05, 4.69) is 144 Å². The molecule has 57 heavy (non-hydrogen) atoms. The number of furan rings is 1. The molecular weight excluding hydrogens is 717 g/mol. The molecule has 12 rings (SSSR count). The van der Waals surface area contributed by atoms with Crippen molar-refractivity contribution in [1.82, 2.24) is 19.5 Å². The largest absolute Gasteiger partial charge is 0.456 e. The molecule has 0 fully saturated rings. The fraction of sp³-hybridized carbons (Fsp3) is 0. The van der Waals surface area contributed by atoms with Crippen LogP contribution in [0.2, 0.25) is 0 Å². The summed E-state index contributed by atoms with van der Waals surface area (Å²) in [5, 5.41) is 6.84. The van der Waals surface area contributed by atoms with Gasteiger partial charge in [0, 0.05) is 70.2 Å². The number of benzene rings is 8. The maximum absolute atomic E-state index is 6.71. The molecule has 0 atom stereocenters. The third-order valence-electron chi connectivity index (χ3n) is 11.1. The predicted molar refractivity (Wildman–Crippen MR) is 236 cm³/mol. The van der Waals surface area contributed by atoms with Gasteiger partial charge in [0.05, 0.1) is 11.0 Å². The Hall–Kier alpha value is -7.41. The average molecular weight is 747 g/mol. The number of hydrogen-bond acceptors (Lipinski definition) is 5. The quantitative estimate of drug-likeness (QED) is 0.176. The van der Waals surface area contributed by atoms with Crippen molar-refractivity contribution in [1.29, 1.82) is 0 Å². The SMILES string of the molecule is c1ccc(-c2ccc(-n3c4ccccc4c4cc5c(cc43)oc3cccc(-c4nc(-c6ccccc6)nc(-c6ccc7c(c6)sc6ccccc67)n4)c35)cc2)cc1. The first-order valence-corrected chi connectivity index (χ1v) is 19.8. The van der Waals surface area contributed by atoms with E-state index in [-0.39, 0.29) is 0 Å². The average Bonchev–Trinajstić information content (AvgIpc) is 3.95. The summed E-state index contributed by atoms with van der Waals surface area (Å²) in [6.45, 7) is 0. The molecule has 4 aromatic heterocycles. The van der Waals surface area contributed by atoms with Gasteiger partial charge in [-0.2, -0.15) is 0 Å². The van der Waals surface area contributed by atoms with Crippen LogP contribution in [0.4, 0.5) is 0 Å². The summed E-state index contributed by atoms with van der Waals surface area (Å²) in [6, 6.07) is 63.8. The molecule has 6 heteroatoms. The fourth-order valence-electron chi connectivity index (χ4n) is 8.39. The molecule has 5 nitrogen and oxygen atoms in total. The Labute approximate surface area is 330 Å². The molecular formula is C51H30N4OS. The first-order valence-electron chi connectivity index (χ1n) is 19.0. The number of hydrogen-bond donors (Lipinski definition) is 0. The zero-order chi connectivity index (χ0) is 37.5. The Morgan fingerprint density at radius 2 is 1.04 bits per heavy atom. The molecule has 0 bridgehead atoms. The first kappa shape index (κ1) is 31.9. The van der Waals surface area contributed by atoms with Crippen molar-refractivity contribution in [2.24, 2.45) is 0 Å². The molecule has 12 aromatic rings. The molecule has 0 N–H and O–H groups in total. The molecule has 4 heterocycles. The van der Waals surface area contributed by atoms with Gasteiger partial charge in [-0.25, -0.2) is 15.0 Å². The standard InChI is InChI=1S/C51H30N4OS/c1-3-12-31(13-4-1)32-22-25-35(26-23-32)55-42-19-9-7-16-36(42)40-29-41-45(30-43(40)55)56-44-20-11-18-39(48(41)44)51-53-49(33-14-5-2-6-15-33)52-50(54-51)34-24-27-38-37-17-8-10-21-46(37)57-47(38)28-34/h1-30H. The first-order chi connectivity index (χ1) is 28.2. The van der Waals surface area contributed by atoms with Crippen LogP contribution >= 0.6 is 11.3 Å². The second-order valence-corrected chi connectivity index (χ2v) is 15.5. The van der Waals surface area contributed by atoms with Crippen molar-refractivity contribution >= 4 is 75.3 Å². The van der Waals surface area contributed by atoms with Crippen LogP contribution in [0.25, 0.3) is 115 Å². The number of thiophene rings is 1. The highest BCUT2D eigenvalue weighted by atomic mass is 32.1. The zero-order valence-electron chi connectivity index (χ0n) is 30.4. The van der Waals surface area contributed by atoms with Crippen molar-refractivity contribution in [3.05, 3.63) is 182 Å². The highest BCUT2D eigenvalue weighted by molar-refractivity contribution is 7.25. The highest BCUT2D eigenvalue weighted by Crippen LogP contribution is 2.42. The summed E-state index contributed by atoms with van der Waals surface area (Å²) in [4.78, 5) is 15.4. The van der Waals surface area contributed by atoms with E-state index in [1.807, 2.05) is 42.5 Å². The second kappa shape index (κ2) is 12.6. The van der Waals surface area contributed by atoms with Crippen molar-refractivity contribution in [3.63, 3.8) is 0 Å². The molecule has 0 aliphatic rings. The van der Waals surface area contributed by atoms with Gasteiger partial charge in [0.2, 0.25) is 0 Å². The van der Waals surface area contributed by atoms with Crippen LogP contribution in [0, 0.1) is 0 Å². The van der Waals surface area contributed by atoms with Crippen molar-refractivity contribution in [2.75, 3.05) is 0 Å². The van der Waals surface area contributed by atoms with E-state index < -0.39 is 0 Å². The second-order valence-electron chi connectivity index (χ2n) is 14.4. The van der Waals surface area contributed by atoms with E-state index in [0.717, 1.165) is 60.7 Å². The number of rotatable bonds is 5. The molecule has 0 aliphatic carbocycles. The summed E-state index contributed by atoms with van der Waals surface area (Å²) in [7, 11) is 0. The minimum atomic E-state index is 0.602. The van der Waals surface area contributed by atoms with Crippen molar-refractivity contribution < 1.29 is 4.42 Å². The van der Waals surface area contributed by atoms with E-state index >= 15 is 0 Å². The van der Waals surface area contributed by atoms with Gasteiger partial charge in [-0.05, 0) is 53.6 Å². The lowest BCUT2D eigenvalue weighted by Crippen LogP contribution is -2.00. The van der Waals surface area contributed by atoms with Crippen LogP contribution in [0.15, 0.2) is 186 Å². The summed E-state index contributed by atoms with van der Waals surface area (Å²) < 4.78 is 11.5. The summed E-state index contributed by atoms with van der Waals surface area (Å²) in [6.07, 6.45) is 0. The fourth-order valence-corrected chi connectivity index (χ4v) is 9.54. The van der Waals surface area contributed by atoms with Crippen molar-refractivity contribution in [2.45, 2.75) is 0 Å². The Morgan fingerprint density at radius 3 is 1.86 bits per heavy atom. The Balaban J connectivity index is 1.06. The molecule has 0 saturated carbocycles. The highest BCUT2D eigenvalue weighted by Gasteiger charge is 2.21. The van der Waals surface area contributed by atoms with E-state index in [1.165, 1.54) is 36.7 Å². The molecule has 266 valence electrons. The van der Waals surface area contributed by atoms with Gasteiger partial charge in [0.25, 0.3) is 0 Å². The lowest BCUT2D eigenvalue weighted by molar-refractivity contribution is 0.669. The third kappa shape index (κ3) is 5.12. The van der Waals surface area contributed by atoms with Crippen LogP contribution in [0.5, 0.6) is 0 Å². The monoisotopic (exact) mass is 746 g/mol. The molecule has 0 radical (unpaired) electrons. The molecule has 0 spiro atoms. The van der Waals surface area contributed by atoms with Gasteiger partial charge >= 0.3 is 0 Å². The minimum Gasteiger partial charge on any atom is -0.456 e. The maximum atomic E-state index is 6.71. The van der Waals surface area contributed by atoms with Crippen LogP contribution in [0.1, 0.15) is 0 Å². The smallest absolute Gasteiger partial charge is 0.164 e. The van der Waals surface area contributed by atoms with Gasteiger partial charge in [-0.15, -0.1) is 11.3 Å². The predicted octanol–water partition coefficient (Wildman–Crippen LogP) is 13.9. The van der Waals surface area contributed by atoms with E-state index in [9.17, 15) is 0 Å². The summed E-state index contributed by atoms with van der Waals surface area (Å²) >= 11 is 1.79. The van der Waals surface area contributed by atoms with Gasteiger partial charge in [0.15, 0.2) is 17.5 Å².